The number of nitrogens with zero attached hydrogens (tertiary/aromatic N) is 2. The first-order valence-corrected chi connectivity index (χ1v) is 9.03. The maximum atomic E-state index is 12.8. The van der Waals surface area contributed by atoms with E-state index in [0.717, 1.165) is 0 Å². The van der Waals surface area contributed by atoms with E-state index >= 15 is 0 Å². The van der Waals surface area contributed by atoms with E-state index in [0.29, 0.717) is 10.8 Å². The Bertz CT molecular complexity index is 949. The van der Waals surface area contributed by atoms with Crippen LogP contribution in [0.1, 0.15) is 48.5 Å². The lowest BCUT2D eigenvalue weighted by Gasteiger charge is -2.32. The molecule has 0 radical (unpaired) electrons. The van der Waals surface area contributed by atoms with E-state index in [-0.39, 0.29) is 11.1 Å². The van der Waals surface area contributed by atoms with Crippen molar-refractivity contribution in [1.82, 2.24) is 9.13 Å². The number of aryl methyl sites for hydroxylation is 1. The van der Waals surface area contributed by atoms with Crippen LogP contribution < -0.4 is 11.0 Å². The molecule has 1 saturated heterocycles. The minimum atomic E-state index is -0.664. The van der Waals surface area contributed by atoms with Gasteiger partial charge < -0.3 is 18.6 Å². The van der Waals surface area contributed by atoms with Gasteiger partial charge in [-0.1, -0.05) is 0 Å². The van der Waals surface area contributed by atoms with E-state index in [2.05, 4.69) is 0 Å². The molecule has 27 heavy (non-hydrogen) atoms. The summed E-state index contributed by atoms with van der Waals surface area (Å²) in [5.41, 5.74) is -1.02. The molecule has 0 bridgehead atoms. The number of aromatic nitrogens is 2. The Morgan fingerprint density at radius 1 is 1.15 bits per heavy atom. The van der Waals surface area contributed by atoms with E-state index in [9.17, 15) is 9.59 Å². The number of hydrogen-bond acceptors (Lipinski definition) is 5. The molecular formula is C19H27BN2O5. The summed E-state index contributed by atoms with van der Waals surface area (Å²) >= 11 is 0. The summed E-state index contributed by atoms with van der Waals surface area (Å²) < 4.78 is 20.4. The zero-order valence-electron chi connectivity index (χ0n) is 17.2. The lowest BCUT2D eigenvalue weighted by atomic mass is 9.78. The summed E-state index contributed by atoms with van der Waals surface area (Å²) in [6, 6.07) is 1.72. The molecule has 3 heterocycles. The molecule has 0 spiro atoms. The Labute approximate surface area is 159 Å². The molecule has 8 heteroatoms. The van der Waals surface area contributed by atoms with Crippen LogP contribution in [0.4, 0.5) is 4.79 Å². The first-order valence-electron chi connectivity index (χ1n) is 9.03. The fourth-order valence-electron chi connectivity index (χ4n) is 3.01. The molecule has 1 fully saturated rings. The summed E-state index contributed by atoms with van der Waals surface area (Å²) in [5, 5.41) is 0.613. The summed E-state index contributed by atoms with van der Waals surface area (Å²) in [7, 11) is 1.00. The Kier molecular flexibility index (Phi) is 4.36. The summed E-state index contributed by atoms with van der Waals surface area (Å²) in [5.74, 6) is 0. The monoisotopic (exact) mass is 374 g/mol. The minimum absolute atomic E-state index is 0.249. The van der Waals surface area contributed by atoms with Crippen LogP contribution in [0.2, 0.25) is 0 Å². The Balaban J connectivity index is 2.14. The van der Waals surface area contributed by atoms with Gasteiger partial charge in [0.25, 0.3) is 5.56 Å². The Hall–Kier alpha value is -2.06. The summed E-state index contributed by atoms with van der Waals surface area (Å²) in [6.07, 6.45) is 2.65. The number of hydrogen-bond donors (Lipinski definition) is 0. The van der Waals surface area contributed by atoms with Crippen molar-refractivity contribution in [2.24, 2.45) is 7.05 Å². The Morgan fingerprint density at radius 2 is 1.70 bits per heavy atom. The highest BCUT2D eigenvalue weighted by Crippen LogP contribution is 2.36. The standard InChI is InChI=1S/C19H27BN2O5/c1-17(2,3)25-16(24)22-10-9-12-13(11-21(8)15(23)14(12)22)20-26-18(4,5)19(6,7)27-20/h9-11H,1-8H3. The van der Waals surface area contributed by atoms with Crippen LogP contribution in [-0.2, 0) is 21.1 Å². The van der Waals surface area contributed by atoms with Gasteiger partial charge in [-0.05, 0) is 54.5 Å². The van der Waals surface area contributed by atoms with Gasteiger partial charge >= 0.3 is 13.2 Å². The molecule has 1 aliphatic rings. The highest BCUT2D eigenvalue weighted by Gasteiger charge is 2.52. The molecule has 0 aliphatic carbocycles. The molecule has 3 rings (SSSR count). The quantitative estimate of drug-likeness (QED) is 0.717. The van der Waals surface area contributed by atoms with E-state index < -0.39 is 30.0 Å². The van der Waals surface area contributed by atoms with Crippen molar-refractivity contribution in [2.45, 2.75) is 65.3 Å². The van der Waals surface area contributed by atoms with E-state index in [1.807, 2.05) is 27.7 Å². The lowest BCUT2D eigenvalue weighted by Crippen LogP contribution is -2.41. The van der Waals surface area contributed by atoms with E-state index in [1.54, 1.807) is 46.3 Å². The van der Waals surface area contributed by atoms with Crippen molar-refractivity contribution >= 4 is 29.6 Å². The van der Waals surface area contributed by atoms with Crippen LogP contribution in [-0.4, -0.2) is 39.1 Å². The second-order valence-electron chi connectivity index (χ2n) is 9.02. The Morgan fingerprint density at radius 3 is 2.22 bits per heavy atom. The first-order chi connectivity index (χ1) is 12.2. The number of rotatable bonds is 1. The molecule has 0 amide bonds. The second kappa shape index (κ2) is 5.97. The molecule has 2 aromatic heterocycles. The number of carbonyl (C=O) groups excluding carboxylic acids is 1. The number of carbonyl (C=O) groups is 1. The van der Waals surface area contributed by atoms with Gasteiger partial charge in [-0.2, -0.15) is 0 Å². The molecule has 1 aliphatic heterocycles. The molecule has 0 N–H and O–H groups in total. The highest BCUT2D eigenvalue weighted by atomic mass is 16.7. The van der Waals surface area contributed by atoms with Crippen molar-refractivity contribution in [2.75, 3.05) is 0 Å². The van der Waals surface area contributed by atoms with Crippen molar-refractivity contribution in [3.05, 3.63) is 28.8 Å². The maximum Gasteiger partial charge on any atom is 0.497 e. The van der Waals surface area contributed by atoms with Gasteiger partial charge in [0.15, 0.2) is 0 Å². The molecule has 0 unspecified atom stereocenters. The largest absolute Gasteiger partial charge is 0.497 e. The fraction of sp³-hybridized carbons (Fsp3) is 0.579. The van der Waals surface area contributed by atoms with E-state index in [4.69, 9.17) is 14.0 Å². The van der Waals surface area contributed by atoms with Gasteiger partial charge in [0, 0.05) is 30.3 Å². The predicted molar refractivity (Wildman–Crippen MR) is 105 cm³/mol. The molecular weight excluding hydrogens is 347 g/mol. The average molecular weight is 374 g/mol. The van der Waals surface area contributed by atoms with Gasteiger partial charge in [0.2, 0.25) is 0 Å². The molecule has 0 atom stereocenters. The normalized spacial score (nSPS) is 18.9. The van der Waals surface area contributed by atoms with Crippen LogP contribution in [0.15, 0.2) is 23.3 Å². The van der Waals surface area contributed by atoms with Crippen molar-refractivity contribution < 1.29 is 18.8 Å². The number of pyridine rings is 1. The van der Waals surface area contributed by atoms with Crippen LogP contribution in [0.25, 0.3) is 10.9 Å². The van der Waals surface area contributed by atoms with Crippen molar-refractivity contribution in [1.29, 1.82) is 0 Å². The summed E-state index contributed by atoms with van der Waals surface area (Å²) in [6.45, 7) is 13.2. The van der Waals surface area contributed by atoms with Crippen LogP contribution >= 0.6 is 0 Å². The average Bonchev–Trinajstić information content (AvgIpc) is 3.01. The SMILES string of the molecule is Cn1cc(B2OC(C)(C)C(C)(C)O2)c2ccn(C(=O)OC(C)(C)C)c2c1=O. The smallest absolute Gasteiger partial charge is 0.443 e. The van der Waals surface area contributed by atoms with Gasteiger partial charge in [-0.15, -0.1) is 0 Å². The zero-order valence-corrected chi connectivity index (χ0v) is 17.2. The number of fused-ring (bicyclic) bond motifs is 1. The van der Waals surface area contributed by atoms with Gasteiger partial charge in [-0.3, -0.25) is 4.79 Å². The van der Waals surface area contributed by atoms with Crippen LogP contribution in [0, 0.1) is 0 Å². The minimum Gasteiger partial charge on any atom is -0.443 e. The van der Waals surface area contributed by atoms with Gasteiger partial charge in [0.05, 0.1) is 11.2 Å². The third-order valence-corrected chi connectivity index (χ3v) is 5.15. The van der Waals surface area contributed by atoms with Crippen LogP contribution in [0.5, 0.6) is 0 Å². The van der Waals surface area contributed by atoms with E-state index in [1.165, 1.54) is 9.13 Å². The van der Waals surface area contributed by atoms with Crippen molar-refractivity contribution in [3.8, 4) is 0 Å². The van der Waals surface area contributed by atoms with Crippen LogP contribution in [0.3, 0.4) is 0 Å². The van der Waals surface area contributed by atoms with Gasteiger partial charge in [0.1, 0.15) is 11.1 Å². The summed E-state index contributed by atoms with van der Waals surface area (Å²) in [4.78, 5) is 25.3. The second-order valence-corrected chi connectivity index (χ2v) is 9.02. The molecule has 146 valence electrons. The topological polar surface area (TPSA) is 71.7 Å². The third kappa shape index (κ3) is 3.32. The highest BCUT2D eigenvalue weighted by molar-refractivity contribution is 6.65. The molecule has 0 aromatic carbocycles. The first kappa shape index (κ1) is 19.7. The fourth-order valence-corrected chi connectivity index (χ4v) is 3.01. The molecule has 7 nitrogen and oxygen atoms in total. The van der Waals surface area contributed by atoms with Gasteiger partial charge in [-0.25, -0.2) is 9.36 Å². The number of ether oxygens (including phenoxy) is 1. The predicted octanol–water partition coefficient (Wildman–Crippen LogP) is 2.42. The molecule has 0 saturated carbocycles. The van der Waals surface area contributed by atoms with Crippen molar-refractivity contribution in [3.63, 3.8) is 0 Å². The lowest BCUT2D eigenvalue weighted by molar-refractivity contribution is 0.00578. The zero-order chi connectivity index (χ0) is 20.4. The molecule has 2 aromatic rings. The maximum absolute atomic E-state index is 12.8. The third-order valence-electron chi connectivity index (χ3n) is 5.15.